The first-order chi connectivity index (χ1) is 15.5. The van der Waals surface area contributed by atoms with E-state index in [1.165, 1.54) is 0 Å². The van der Waals surface area contributed by atoms with Gasteiger partial charge in [-0.1, -0.05) is 24.3 Å². The fourth-order valence-corrected chi connectivity index (χ4v) is 3.64. The maximum atomic E-state index is 12.6. The van der Waals surface area contributed by atoms with Crippen molar-refractivity contribution in [2.75, 3.05) is 63.8 Å². The maximum absolute atomic E-state index is 12.6. The third-order valence-corrected chi connectivity index (χ3v) is 5.38. The normalized spacial score (nSPS) is 15.0. The fraction of sp³-hybridized carbons (Fsp3) is 0.417. The summed E-state index contributed by atoms with van der Waals surface area (Å²) in [6, 6.07) is 15.3. The molecule has 1 aliphatic rings. The molecule has 172 valence electrons. The second-order valence-electron chi connectivity index (χ2n) is 7.74. The van der Waals surface area contributed by atoms with Crippen LogP contribution in [0.4, 0.5) is 11.4 Å². The predicted octanol–water partition coefficient (Wildman–Crippen LogP) is 2.28. The molecule has 0 aromatic heterocycles. The van der Waals surface area contributed by atoms with Crippen molar-refractivity contribution in [3.8, 4) is 5.75 Å². The summed E-state index contributed by atoms with van der Waals surface area (Å²) in [6.45, 7) is 5.48. The van der Waals surface area contributed by atoms with E-state index < -0.39 is 11.8 Å². The summed E-state index contributed by atoms with van der Waals surface area (Å²) in [7, 11) is 3.99. The van der Waals surface area contributed by atoms with Gasteiger partial charge in [0.2, 0.25) is 0 Å². The molecule has 3 rings (SSSR count). The molecule has 1 heterocycles. The summed E-state index contributed by atoms with van der Waals surface area (Å²) in [5.41, 5.74) is 2.66. The van der Waals surface area contributed by atoms with Crippen LogP contribution in [0.3, 0.4) is 0 Å². The van der Waals surface area contributed by atoms with Gasteiger partial charge in [0, 0.05) is 39.4 Å². The minimum Gasteiger partial charge on any atom is -0.492 e. The third-order valence-electron chi connectivity index (χ3n) is 5.38. The van der Waals surface area contributed by atoms with Gasteiger partial charge in [-0.15, -0.1) is 0 Å². The lowest BCUT2D eigenvalue weighted by molar-refractivity contribution is -0.136. The minimum absolute atomic E-state index is 0.0532. The van der Waals surface area contributed by atoms with E-state index >= 15 is 0 Å². The molecule has 0 unspecified atom stereocenters. The van der Waals surface area contributed by atoms with Crippen molar-refractivity contribution in [3.63, 3.8) is 0 Å². The van der Waals surface area contributed by atoms with Crippen LogP contribution in [0.5, 0.6) is 5.75 Å². The number of nitrogens with zero attached hydrogens (tertiary/aromatic N) is 2. The first kappa shape index (κ1) is 23.6. The smallest absolute Gasteiger partial charge is 0.313 e. The topological polar surface area (TPSA) is 83.1 Å². The molecule has 2 aromatic carbocycles. The molecule has 0 saturated carbocycles. The van der Waals surface area contributed by atoms with Crippen LogP contribution in [0.25, 0.3) is 0 Å². The molecule has 0 bridgehead atoms. The number of rotatable bonds is 8. The Labute approximate surface area is 189 Å². The van der Waals surface area contributed by atoms with Crippen LogP contribution in [0.15, 0.2) is 48.5 Å². The number of nitrogens with one attached hydrogen (secondary N) is 2. The largest absolute Gasteiger partial charge is 0.492 e. The van der Waals surface area contributed by atoms with E-state index in [1.807, 2.05) is 32.0 Å². The van der Waals surface area contributed by atoms with Crippen molar-refractivity contribution >= 4 is 23.2 Å². The standard InChI is InChI=1S/C24H32N4O4/c1-4-32-22-8-6-5-7-20(22)26-24(30)23(29)25-17-21(28-13-15-31-16-14-28)18-9-11-19(12-10-18)27(2)3/h5-12,21H,4,13-17H2,1-3H3,(H,25,29)(H,26,30)/t21-/m1/s1. The maximum Gasteiger partial charge on any atom is 0.313 e. The number of carbonyl (C=O) groups excluding carboxylic acids is 2. The lowest BCUT2D eigenvalue weighted by Crippen LogP contribution is -2.45. The lowest BCUT2D eigenvalue weighted by Gasteiger charge is -2.35. The van der Waals surface area contributed by atoms with Crippen molar-refractivity contribution in [2.45, 2.75) is 13.0 Å². The van der Waals surface area contributed by atoms with E-state index in [1.54, 1.807) is 18.2 Å². The van der Waals surface area contributed by atoms with Crippen LogP contribution < -0.4 is 20.3 Å². The highest BCUT2D eigenvalue weighted by Gasteiger charge is 2.25. The van der Waals surface area contributed by atoms with Gasteiger partial charge < -0.3 is 25.0 Å². The first-order valence-corrected chi connectivity index (χ1v) is 10.9. The fourth-order valence-electron chi connectivity index (χ4n) is 3.64. The number of anilines is 2. The molecular weight excluding hydrogens is 408 g/mol. The molecule has 1 saturated heterocycles. The zero-order chi connectivity index (χ0) is 22.9. The van der Waals surface area contributed by atoms with Gasteiger partial charge in [-0.3, -0.25) is 14.5 Å². The SMILES string of the molecule is CCOc1ccccc1NC(=O)C(=O)NC[C@H](c1ccc(N(C)C)cc1)N1CCOCC1. The summed E-state index contributed by atoms with van der Waals surface area (Å²) in [6.07, 6.45) is 0. The zero-order valence-electron chi connectivity index (χ0n) is 19.0. The van der Waals surface area contributed by atoms with Crippen molar-refractivity contribution in [1.29, 1.82) is 0 Å². The predicted molar refractivity (Wildman–Crippen MR) is 125 cm³/mol. The van der Waals surface area contributed by atoms with Gasteiger partial charge >= 0.3 is 11.8 Å². The molecule has 2 aromatic rings. The van der Waals surface area contributed by atoms with E-state index in [2.05, 4.69) is 39.8 Å². The summed E-state index contributed by atoms with van der Waals surface area (Å²) in [4.78, 5) is 29.4. The molecule has 2 N–H and O–H groups in total. The number of hydrogen-bond acceptors (Lipinski definition) is 6. The molecule has 0 spiro atoms. The van der Waals surface area contributed by atoms with Gasteiger partial charge in [-0.2, -0.15) is 0 Å². The van der Waals surface area contributed by atoms with Crippen molar-refractivity contribution in [2.24, 2.45) is 0 Å². The monoisotopic (exact) mass is 440 g/mol. The zero-order valence-corrected chi connectivity index (χ0v) is 19.0. The number of ether oxygens (including phenoxy) is 2. The molecule has 1 fully saturated rings. The van der Waals surface area contributed by atoms with Gasteiger partial charge in [-0.25, -0.2) is 0 Å². The number of hydrogen-bond donors (Lipinski definition) is 2. The highest BCUT2D eigenvalue weighted by molar-refractivity contribution is 6.39. The highest BCUT2D eigenvalue weighted by Crippen LogP contribution is 2.25. The van der Waals surface area contributed by atoms with Crippen LogP contribution >= 0.6 is 0 Å². The van der Waals surface area contributed by atoms with E-state index in [0.29, 0.717) is 37.8 Å². The van der Waals surface area contributed by atoms with Crippen LogP contribution in [-0.2, 0) is 14.3 Å². The van der Waals surface area contributed by atoms with E-state index in [9.17, 15) is 9.59 Å². The summed E-state index contributed by atoms with van der Waals surface area (Å²) < 4.78 is 11.0. The Kier molecular flexibility index (Phi) is 8.47. The van der Waals surface area contributed by atoms with Gasteiger partial charge in [-0.05, 0) is 36.8 Å². The number of carbonyl (C=O) groups is 2. The van der Waals surface area contributed by atoms with Crippen LogP contribution in [0, 0.1) is 0 Å². The number of benzene rings is 2. The molecule has 1 aliphatic heterocycles. The molecule has 8 nitrogen and oxygen atoms in total. The van der Waals surface area contributed by atoms with Crippen LogP contribution in [0.1, 0.15) is 18.5 Å². The summed E-state index contributed by atoms with van der Waals surface area (Å²) in [5.74, 6) is -0.872. The number of para-hydroxylation sites is 2. The highest BCUT2D eigenvalue weighted by atomic mass is 16.5. The van der Waals surface area contributed by atoms with Crippen molar-refractivity contribution < 1.29 is 19.1 Å². The van der Waals surface area contributed by atoms with E-state index in [0.717, 1.165) is 24.3 Å². The Balaban J connectivity index is 1.67. The minimum atomic E-state index is -0.721. The van der Waals surface area contributed by atoms with E-state index in [-0.39, 0.29) is 6.04 Å². The summed E-state index contributed by atoms with van der Waals surface area (Å²) in [5, 5.41) is 5.45. The van der Waals surface area contributed by atoms with Crippen LogP contribution in [0.2, 0.25) is 0 Å². The molecule has 0 aliphatic carbocycles. The molecule has 2 amide bonds. The van der Waals surface area contributed by atoms with E-state index in [4.69, 9.17) is 9.47 Å². The Morgan fingerprint density at radius 2 is 1.75 bits per heavy atom. The molecule has 8 heteroatoms. The van der Waals surface area contributed by atoms with Gasteiger partial charge in [0.05, 0.1) is 31.5 Å². The Hall–Kier alpha value is -3.10. The molecule has 32 heavy (non-hydrogen) atoms. The lowest BCUT2D eigenvalue weighted by atomic mass is 10.0. The second kappa shape index (κ2) is 11.5. The average molecular weight is 441 g/mol. The number of amides is 2. The second-order valence-corrected chi connectivity index (χ2v) is 7.74. The Morgan fingerprint density at radius 3 is 2.41 bits per heavy atom. The van der Waals surface area contributed by atoms with Gasteiger partial charge in [0.25, 0.3) is 0 Å². The van der Waals surface area contributed by atoms with Crippen molar-refractivity contribution in [3.05, 3.63) is 54.1 Å². The molecular formula is C24H32N4O4. The quantitative estimate of drug-likeness (QED) is 0.613. The Morgan fingerprint density at radius 1 is 1.06 bits per heavy atom. The van der Waals surface area contributed by atoms with Gasteiger partial charge in [0.15, 0.2) is 0 Å². The first-order valence-electron chi connectivity index (χ1n) is 10.9. The number of morpholine rings is 1. The summed E-state index contributed by atoms with van der Waals surface area (Å²) >= 11 is 0. The average Bonchev–Trinajstić information content (AvgIpc) is 2.81. The Bertz CT molecular complexity index is 895. The third kappa shape index (κ3) is 6.21. The molecule has 0 radical (unpaired) electrons. The van der Waals surface area contributed by atoms with Gasteiger partial charge in [0.1, 0.15) is 5.75 Å². The van der Waals surface area contributed by atoms with Crippen molar-refractivity contribution in [1.82, 2.24) is 10.2 Å². The molecule has 1 atom stereocenters. The van der Waals surface area contributed by atoms with Crippen LogP contribution in [-0.4, -0.2) is 70.3 Å².